The molecule has 0 saturated heterocycles. The van der Waals surface area contributed by atoms with E-state index in [-0.39, 0.29) is 6.10 Å². The Morgan fingerprint density at radius 3 is 2.23 bits per heavy atom. The van der Waals surface area contributed by atoms with E-state index in [1.165, 1.54) is 5.56 Å². The van der Waals surface area contributed by atoms with Crippen LogP contribution in [0.1, 0.15) is 25.0 Å². The summed E-state index contributed by atoms with van der Waals surface area (Å²) in [5.41, 5.74) is 2.38. The third-order valence-electron chi connectivity index (χ3n) is 3.17. The fraction of sp³-hybridized carbons (Fsp3) is 0.333. The Hall–Kier alpha value is -1.22. The highest BCUT2D eigenvalue weighted by Crippen LogP contribution is 2.34. The van der Waals surface area contributed by atoms with Crippen molar-refractivity contribution in [2.24, 2.45) is 0 Å². The van der Waals surface area contributed by atoms with Gasteiger partial charge in [0.15, 0.2) is 5.75 Å². The van der Waals surface area contributed by atoms with Crippen molar-refractivity contribution in [3.8, 4) is 5.75 Å². The van der Waals surface area contributed by atoms with Crippen LogP contribution in [-0.2, 0) is 13.0 Å². The summed E-state index contributed by atoms with van der Waals surface area (Å²) in [4.78, 5) is 0. The lowest BCUT2D eigenvalue weighted by Gasteiger charge is -2.14. The molecule has 0 aromatic heterocycles. The molecule has 22 heavy (non-hydrogen) atoms. The third-order valence-corrected chi connectivity index (χ3v) is 3.74. The summed E-state index contributed by atoms with van der Waals surface area (Å²) >= 11 is 12.5. The van der Waals surface area contributed by atoms with Crippen molar-refractivity contribution in [2.75, 3.05) is 6.54 Å². The van der Waals surface area contributed by atoms with Crippen molar-refractivity contribution in [3.63, 3.8) is 0 Å². The Labute approximate surface area is 142 Å². The van der Waals surface area contributed by atoms with Crippen LogP contribution in [-0.4, -0.2) is 12.6 Å². The molecule has 0 spiro atoms. The topological polar surface area (TPSA) is 21.3 Å². The quantitative estimate of drug-likeness (QED) is 0.708. The number of hydrogen-bond acceptors (Lipinski definition) is 2. The van der Waals surface area contributed by atoms with E-state index in [1.807, 2.05) is 32.0 Å². The van der Waals surface area contributed by atoms with Gasteiger partial charge in [-0.1, -0.05) is 53.5 Å². The molecule has 0 bridgehead atoms. The molecule has 0 aliphatic heterocycles. The fourth-order valence-electron chi connectivity index (χ4n) is 2.17. The zero-order valence-electron chi connectivity index (χ0n) is 12.9. The Kier molecular flexibility index (Phi) is 6.56. The molecule has 0 saturated carbocycles. The van der Waals surface area contributed by atoms with Crippen molar-refractivity contribution in [3.05, 3.63) is 63.6 Å². The first kappa shape index (κ1) is 17.1. The van der Waals surface area contributed by atoms with E-state index in [0.717, 1.165) is 25.1 Å². The molecule has 0 unspecified atom stereocenters. The molecular weight excluding hydrogens is 317 g/mol. The Balaban J connectivity index is 1.88. The maximum absolute atomic E-state index is 6.25. The van der Waals surface area contributed by atoms with Crippen LogP contribution in [0.4, 0.5) is 0 Å². The van der Waals surface area contributed by atoms with Crippen LogP contribution in [0, 0.1) is 0 Å². The lowest BCUT2D eigenvalue weighted by molar-refractivity contribution is 0.242. The second-order valence-electron chi connectivity index (χ2n) is 5.47. The molecule has 4 heteroatoms. The van der Waals surface area contributed by atoms with E-state index >= 15 is 0 Å². The first-order chi connectivity index (χ1) is 10.6. The summed E-state index contributed by atoms with van der Waals surface area (Å²) < 4.78 is 5.63. The Morgan fingerprint density at radius 1 is 1.00 bits per heavy atom. The second kappa shape index (κ2) is 8.42. The van der Waals surface area contributed by atoms with Crippen LogP contribution in [0.3, 0.4) is 0 Å². The normalized spacial score (nSPS) is 11.0. The summed E-state index contributed by atoms with van der Waals surface area (Å²) in [5.74, 6) is 0.561. The van der Waals surface area contributed by atoms with Gasteiger partial charge >= 0.3 is 0 Å². The minimum Gasteiger partial charge on any atom is -0.488 e. The highest BCUT2D eigenvalue weighted by molar-refractivity contribution is 6.37. The van der Waals surface area contributed by atoms with Gasteiger partial charge in [-0.05, 0) is 50.1 Å². The van der Waals surface area contributed by atoms with Crippen molar-refractivity contribution < 1.29 is 4.74 Å². The minimum atomic E-state index is 0.0462. The van der Waals surface area contributed by atoms with Gasteiger partial charge in [0.1, 0.15) is 0 Å². The maximum Gasteiger partial charge on any atom is 0.156 e. The zero-order valence-corrected chi connectivity index (χ0v) is 14.4. The monoisotopic (exact) mass is 337 g/mol. The molecular formula is C18H21Cl2NO. The molecule has 118 valence electrons. The summed E-state index contributed by atoms with van der Waals surface area (Å²) in [7, 11) is 0. The average molecular weight is 338 g/mol. The largest absolute Gasteiger partial charge is 0.488 e. The van der Waals surface area contributed by atoms with Gasteiger partial charge in [0.2, 0.25) is 0 Å². The van der Waals surface area contributed by atoms with Crippen LogP contribution in [0.15, 0.2) is 42.5 Å². The first-order valence-corrected chi connectivity index (χ1v) is 8.21. The molecule has 0 heterocycles. The SMILES string of the molecule is CC(C)Oc1c(Cl)cc(CNCCc2ccccc2)cc1Cl. The number of rotatable bonds is 7. The zero-order chi connectivity index (χ0) is 15.9. The van der Waals surface area contributed by atoms with Crippen LogP contribution < -0.4 is 10.1 Å². The van der Waals surface area contributed by atoms with Crippen molar-refractivity contribution in [1.82, 2.24) is 5.32 Å². The van der Waals surface area contributed by atoms with E-state index in [9.17, 15) is 0 Å². The van der Waals surface area contributed by atoms with E-state index < -0.39 is 0 Å². The average Bonchev–Trinajstić information content (AvgIpc) is 2.48. The minimum absolute atomic E-state index is 0.0462. The molecule has 2 nitrogen and oxygen atoms in total. The molecule has 0 atom stereocenters. The fourth-order valence-corrected chi connectivity index (χ4v) is 2.79. The molecule has 0 aliphatic carbocycles. The summed E-state index contributed by atoms with van der Waals surface area (Å²) in [6.07, 6.45) is 1.04. The molecule has 2 rings (SSSR count). The predicted molar refractivity (Wildman–Crippen MR) is 94.1 cm³/mol. The number of halogens is 2. The van der Waals surface area contributed by atoms with Gasteiger partial charge in [-0.15, -0.1) is 0 Å². The molecule has 2 aromatic carbocycles. The van der Waals surface area contributed by atoms with Crippen molar-refractivity contribution in [2.45, 2.75) is 32.9 Å². The summed E-state index contributed by atoms with van der Waals surface area (Å²) in [6, 6.07) is 14.2. The molecule has 1 N–H and O–H groups in total. The predicted octanol–water partition coefficient (Wildman–Crippen LogP) is 5.11. The van der Waals surface area contributed by atoms with Crippen LogP contribution in [0.2, 0.25) is 10.0 Å². The third kappa shape index (κ3) is 5.20. The smallest absolute Gasteiger partial charge is 0.156 e. The van der Waals surface area contributed by atoms with Gasteiger partial charge in [0, 0.05) is 6.54 Å². The van der Waals surface area contributed by atoms with Gasteiger partial charge in [-0.3, -0.25) is 0 Å². The van der Waals surface area contributed by atoms with Gasteiger partial charge in [-0.2, -0.15) is 0 Å². The van der Waals surface area contributed by atoms with Gasteiger partial charge in [0.25, 0.3) is 0 Å². The number of benzene rings is 2. The molecule has 0 fully saturated rings. The second-order valence-corrected chi connectivity index (χ2v) is 6.28. The van der Waals surface area contributed by atoms with Crippen LogP contribution >= 0.6 is 23.2 Å². The molecule has 0 aliphatic rings. The Bertz CT molecular complexity index is 576. The van der Waals surface area contributed by atoms with Crippen molar-refractivity contribution >= 4 is 23.2 Å². The van der Waals surface area contributed by atoms with Crippen LogP contribution in [0.25, 0.3) is 0 Å². The lowest BCUT2D eigenvalue weighted by atomic mass is 10.1. The highest BCUT2D eigenvalue weighted by atomic mass is 35.5. The highest BCUT2D eigenvalue weighted by Gasteiger charge is 2.11. The van der Waals surface area contributed by atoms with E-state index in [2.05, 4.69) is 29.6 Å². The summed E-state index contributed by atoms with van der Waals surface area (Å²) in [6.45, 7) is 5.54. The molecule has 0 amide bonds. The number of ether oxygens (including phenoxy) is 1. The van der Waals surface area contributed by atoms with E-state index in [0.29, 0.717) is 15.8 Å². The number of hydrogen-bond donors (Lipinski definition) is 1. The van der Waals surface area contributed by atoms with Gasteiger partial charge in [0.05, 0.1) is 16.1 Å². The summed E-state index contributed by atoms with van der Waals surface area (Å²) in [5, 5.41) is 4.52. The van der Waals surface area contributed by atoms with Gasteiger partial charge in [-0.25, -0.2) is 0 Å². The van der Waals surface area contributed by atoms with E-state index in [4.69, 9.17) is 27.9 Å². The van der Waals surface area contributed by atoms with Gasteiger partial charge < -0.3 is 10.1 Å². The number of nitrogens with one attached hydrogen (secondary N) is 1. The first-order valence-electron chi connectivity index (χ1n) is 7.45. The Morgan fingerprint density at radius 2 is 1.64 bits per heavy atom. The standard InChI is InChI=1S/C18H21Cl2NO/c1-13(2)22-18-16(19)10-15(11-17(18)20)12-21-9-8-14-6-4-3-5-7-14/h3-7,10-11,13,21H,8-9,12H2,1-2H3. The lowest BCUT2D eigenvalue weighted by Crippen LogP contribution is -2.16. The van der Waals surface area contributed by atoms with Crippen molar-refractivity contribution in [1.29, 1.82) is 0 Å². The van der Waals surface area contributed by atoms with E-state index in [1.54, 1.807) is 0 Å². The maximum atomic E-state index is 6.25. The molecule has 2 aromatic rings. The molecule has 0 radical (unpaired) electrons. The van der Waals surface area contributed by atoms with Crippen LogP contribution in [0.5, 0.6) is 5.75 Å².